The maximum Gasteiger partial charge on any atom is 0.0499 e. The molecule has 15 heavy (non-hydrogen) atoms. The summed E-state index contributed by atoms with van der Waals surface area (Å²) in [5.74, 6) is 0. The molecule has 0 amide bonds. The first-order chi connectivity index (χ1) is 7.26. The van der Waals surface area contributed by atoms with Crippen molar-refractivity contribution >= 4 is 0 Å². The zero-order valence-corrected chi connectivity index (χ0v) is 9.11. The smallest absolute Gasteiger partial charge is 0.0499 e. The summed E-state index contributed by atoms with van der Waals surface area (Å²) in [5.41, 5.74) is 1.38. The van der Waals surface area contributed by atoms with Crippen molar-refractivity contribution < 1.29 is 5.11 Å². The maximum atomic E-state index is 9.19. The molecule has 2 N–H and O–H groups in total. The van der Waals surface area contributed by atoms with Crippen molar-refractivity contribution in [1.82, 2.24) is 10.3 Å². The van der Waals surface area contributed by atoms with Gasteiger partial charge >= 0.3 is 0 Å². The van der Waals surface area contributed by atoms with Gasteiger partial charge in [-0.2, -0.15) is 0 Å². The van der Waals surface area contributed by atoms with Gasteiger partial charge in [0.15, 0.2) is 0 Å². The molecule has 3 heteroatoms. The molecule has 1 saturated carbocycles. The quantitative estimate of drug-likeness (QED) is 0.767. The molecule has 0 aromatic carbocycles. The SMILES string of the molecule is CC(NCC1(CO)CC1)c1cccnc1. The highest BCUT2D eigenvalue weighted by Crippen LogP contribution is 2.44. The topological polar surface area (TPSA) is 45.1 Å². The van der Waals surface area contributed by atoms with E-state index in [0.29, 0.717) is 12.6 Å². The number of hydrogen-bond acceptors (Lipinski definition) is 3. The van der Waals surface area contributed by atoms with Crippen LogP contribution in [0.4, 0.5) is 0 Å². The van der Waals surface area contributed by atoms with E-state index >= 15 is 0 Å². The van der Waals surface area contributed by atoms with E-state index in [0.717, 1.165) is 19.4 Å². The molecule has 1 fully saturated rings. The minimum absolute atomic E-state index is 0.177. The Kier molecular flexibility index (Phi) is 3.03. The fourth-order valence-electron chi connectivity index (χ4n) is 1.69. The Labute approximate surface area is 90.5 Å². The number of aromatic nitrogens is 1. The molecule has 82 valence electrons. The lowest BCUT2D eigenvalue weighted by atomic mass is 10.1. The Bertz CT molecular complexity index is 309. The number of pyridine rings is 1. The van der Waals surface area contributed by atoms with Crippen molar-refractivity contribution in [2.75, 3.05) is 13.2 Å². The summed E-state index contributed by atoms with van der Waals surface area (Å²) in [5, 5.41) is 12.6. The molecule has 1 atom stereocenters. The standard InChI is InChI=1S/C12H18N2O/c1-10(11-3-2-6-13-7-11)14-8-12(9-15)4-5-12/h2-3,6-7,10,14-15H,4-5,8-9H2,1H3. The van der Waals surface area contributed by atoms with Gasteiger partial charge in [0.05, 0.1) is 0 Å². The van der Waals surface area contributed by atoms with E-state index < -0.39 is 0 Å². The van der Waals surface area contributed by atoms with Crippen molar-refractivity contribution in [2.45, 2.75) is 25.8 Å². The van der Waals surface area contributed by atoms with Crippen LogP contribution in [-0.4, -0.2) is 23.2 Å². The van der Waals surface area contributed by atoms with Crippen LogP contribution in [0.2, 0.25) is 0 Å². The molecular weight excluding hydrogens is 188 g/mol. The van der Waals surface area contributed by atoms with E-state index in [1.54, 1.807) is 6.20 Å². The molecule has 1 heterocycles. The molecule has 2 rings (SSSR count). The Balaban J connectivity index is 1.85. The lowest BCUT2D eigenvalue weighted by Crippen LogP contribution is -2.28. The molecule has 0 saturated heterocycles. The van der Waals surface area contributed by atoms with Crippen LogP contribution in [0.3, 0.4) is 0 Å². The molecule has 1 aromatic rings. The molecule has 1 aromatic heterocycles. The zero-order chi connectivity index (χ0) is 10.7. The zero-order valence-electron chi connectivity index (χ0n) is 9.11. The summed E-state index contributed by atoms with van der Waals surface area (Å²) in [7, 11) is 0. The number of rotatable bonds is 5. The Hall–Kier alpha value is -0.930. The summed E-state index contributed by atoms with van der Waals surface area (Å²) >= 11 is 0. The van der Waals surface area contributed by atoms with Gasteiger partial charge in [-0.05, 0) is 31.4 Å². The van der Waals surface area contributed by atoms with Crippen molar-refractivity contribution in [2.24, 2.45) is 5.41 Å². The second-order valence-corrected chi connectivity index (χ2v) is 4.55. The van der Waals surface area contributed by atoms with E-state index in [9.17, 15) is 5.11 Å². The second-order valence-electron chi connectivity index (χ2n) is 4.55. The second kappa shape index (κ2) is 4.29. The molecule has 1 unspecified atom stereocenters. The monoisotopic (exact) mass is 206 g/mol. The average Bonchev–Trinajstić information content (AvgIpc) is 3.08. The summed E-state index contributed by atoms with van der Waals surface area (Å²) in [4.78, 5) is 4.10. The van der Waals surface area contributed by atoms with Gasteiger partial charge in [-0.1, -0.05) is 6.07 Å². The Morgan fingerprint density at radius 1 is 1.60 bits per heavy atom. The van der Waals surface area contributed by atoms with Gasteiger partial charge in [-0.3, -0.25) is 4.98 Å². The normalized spacial score (nSPS) is 19.9. The number of aliphatic hydroxyl groups is 1. The van der Waals surface area contributed by atoms with Gasteiger partial charge in [0.2, 0.25) is 0 Å². The molecule has 0 radical (unpaired) electrons. The number of nitrogens with zero attached hydrogens (tertiary/aromatic N) is 1. The van der Waals surface area contributed by atoms with E-state index in [1.807, 2.05) is 12.3 Å². The summed E-state index contributed by atoms with van der Waals surface area (Å²) in [6, 6.07) is 4.33. The average molecular weight is 206 g/mol. The van der Waals surface area contributed by atoms with E-state index in [-0.39, 0.29) is 5.41 Å². The van der Waals surface area contributed by atoms with Gasteiger partial charge in [0, 0.05) is 37.0 Å². The van der Waals surface area contributed by atoms with Crippen LogP contribution in [0.1, 0.15) is 31.4 Å². The minimum Gasteiger partial charge on any atom is -0.396 e. The molecule has 0 spiro atoms. The first-order valence-corrected chi connectivity index (χ1v) is 5.50. The van der Waals surface area contributed by atoms with E-state index in [2.05, 4.69) is 23.3 Å². The van der Waals surface area contributed by atoms with Crippen molar-refractivity contribution in [1.29, 1.82) is 0 Å². The highest BCUT2D eigenvalue weighted by molar-refractivity contribution is 5.13. The van der Waals surface area contributed by atoms with Crippen molar-refractivity contribution in [3.8, 4) is 0 Å². The molecule has 1 aliphatic carbocycles. The van der Waals surface area contributed by atoms with Crippen LogP contribution in [0.5, 0.6) is 0 Å². The Morgan fingerprint density at radius 2 is 2.40 bits per heavy atom. The first kappa shape index (κ1) is 10.6. The third kappa shape index (κ3) is 2.55. The highest BCUT2D eigenvalue weighted by Gasteiger charge is 2.41. The number of nitrogens with one attached hydrogen (secondary N) is 1. The van der Waals surface area contributed by atoms with Gasteiger partial charge in [-0.25, -0.2) is 0 Å². The summed E-state index contributed by atoms with van der Waals surface area (Å²) in [6.45, 7) is 3.34. The van der Waals surface area contributed by atoms with Crippen LogP contribution in [0, 0.1) is 5.41 Å². The van der Waals surface area contributed by atoms with Crippen LogP contribution in [0.25, 0.3) is 0 Å². The maximum absolute atomic E-state index is 9.19. The van der Waals surface area contributed by atoms with Gasteiger partial charge in [0.25, 0.3) is 0 Å². The number of aliphatic hydroxyl groups excluding tert-OH is 1. The van der Waals surface area contributed by atoms with E-state index in [4.69, 9.17) is 0 Å². The lowest BCUT2D eigenvalue weighted by molar-refractivity contribution is 0.204. The van der Waals surface area contributed by atoms with Crippen LogP contribution in [0.15, 0.2) is 24.5 Å². The summed E-state index contributed by atoms with van der Waals surface area (Å²) < 4.78 is 0. The third-order valence-corrected chi connectivity index (χ3v) is 3.26. The van der Waals surface area contributed by atoms with Crippen LogP contribution in [-0.2, 0) is 0 Å². The fourth-order valence-corrected chi connectivity index (χ4v) is 1.69. The lowest BCUT2D eigenvalue weighted by Gasteiger charge is -2.18. The predicted octanol–water partition coefficient (Wildman–Crippen LogP) is 1.50. The molecule has 0 aliphatic heterocycles. The van der Waals surface area contributed by atoms with Gasteiger partial charge in [0.1, 0.15) is 0 Å². The largest absolute Gasteiger partial charge is 0.396 e. The molecule has 3 nitrogen and oxygen atoms in total. The first-order valence-electron chi connectivity index (χ1n) is 5.50. The molecule has 1 aliphatic rings. The number of hydrogen-bond donors (Lipinski definition) is 2. The third-order valence-electron chi connectivity index (χ3n) is 3.26. The van der Waals surface area contributed by atoms with Crippen LogP contribution >= 0.6 is 0 Å². The van der Waals surface area contributed by atoms with Crippen molar-refractivity contribution in [3.05, 3.63) is 30.1 Å². The van der Waals surface area contributed by atoms with Crippen LogP contribution < -0.4 is 5.32 Å². The highest BCUT2D eigenvalue weighted by atomic mass is 16.3. The summed E-state index contributed by atoms with van der Waals surface area (Å²) in [6.07, 6.45) is 5.97. The van der Waals surface area contributed by atoms with Gasteiger partial charge in [-0.15, -0.1) is 0 Å². The van der Waals surface area contributed by atoms with E-state index in [1.165, 1.54) is 5.56 Å². The van der Waals surface area contributed by atoms with Gasteiger partial charge < -0.3 is 10.4 Å². The predicted molar refractivity (Wildman–Crippen MR) is 59.4 cm³/mol. The molecular formula is C12H18N2O. The minimum atomic E-state index is 0.177. The Morgan fingerprint density at radius 3 is 2.93 bits per heavy atom. The molecule has 0 bridgehead atoms. The fraction of sp³-hybridized carbons (Fsp3) is 0.583. The van der Waals surface area contributed by atoms with Crippen molar-refractivity contribution in [3.63, 3.8) is 0 Å².